The second-order valence-corrected chi connectivity index (χ2v) is 9.94. The highest BCUT2D eigenvalue weighted by atomic mass is 32.2. The summed E-state index contributed by atoms with van der Waals surface area (Å²) >= 11 is 1.85. The van der Waals surface area contributed by atoms with Crippen LogP contribution in [0.4, 0.5) is 4.39 Å². The average molecular weight is 479 g/mol. The first kappa shape index (κ1) is 23.9. The molecule has 0 atom stereocenters. The summed E-state index contributed by atoms with van der Waals surface area (Å²) in [4.78, 5) is 43.1. The summed E-state index contributed by atoms with van der Waals surface area (Å²) in [6.45, 7) is 2.86. The van der Waals surface area contributed by atoms with Crippen molar-refractivity contribution in [3.8, 4) is 0 Å². The molecule has 0 aromatic carbocycles. The third kappa shape index (κ3) is 5.32. The van der Waals surface area contributed by atoms with Gasteiger partial charge in [0.1, 0.15) is 11.5 Å². The smallest absolute Gasteiger partial charge is 0.333 e. The first-order chi connectivity index (χ1) is 16.0. The van der Waals surface area contributed by atoms with Crippen molar-refractivity contribution in [2.24, 2.45) is 0 Å². The van der Waals surface area contributed by atoms with E-state index in [1.54, 1.807) is 4.57 Å². The van der Waals surface area contributed by atoms with E-state index in [4.69, 9.17) is 4.74 Å². The fourth-order valence-electron chi connectivity index (χ4n) is 4.89. The Bertz CT molecular complexity index is 1100. The van der Waals surface area contributed by atoms with E-state index in [2.05, 4.69) is 10.3 Å². The Balaban J connectivity index is 1.59. The van der Waals surface area contributed by atoms with Crippen LogP contribution in [0.1, 0.15) is 64.0 Å². The second-order valence-electron chi connectivity index (χ2n) is 8.72. The maximum Gasteiger partial charge on any atom is 0.333 e. The van der Waals surface area contributed by atoms with Gasteiger partial charge in [-0.15, -0.1) is 0 Å². The Kier molecular flexibility index (Phi) is 7.85. The van der Waals surface area contributed by atoms with Crippen LogP contribution in [0.3, 0.4) is 0 Å². The van der Waals surface area contributed by atoms with E-state index in [9.17, 15) is 18.8 Å². The topological polar surface area (TPSA) is 95.2 Å². The highest BCUT2D eigenvalue weighted by Crippen LogP contribution is 2.30. The van der Waals surface area contributed by atoms with Crippen molar-refractivity contribution < 1.29 is 13.9 Å². The second kappa shape index (κ2) is 10.8. The number of carbonyl (C=O) groups is 1. The predicted octanol–water partition coefficient (Wildman–Crippen LogP) is 2.79. The monoisotopic (exact) mass is 478 g/mol. The van der Waals surface area contributed by atoms with Crippen molar-refractivity contribution in [2.75, 3.05) is 24.7 Å². The maximum absolute atomic E-state index is 14.0. The fraction of sp³-hybridized carbons (Fsp3) is 0.652. The van der Waals surface area contributed by atoms with Crippen molar-refractivity contribution in [2.45, 2.75) is 70.0 Å². The van der Waals surface area contributed by atoms with Gasteiger partial charge in [-0.05, 0) is 63.0 Å². The Morgan fingerprint density at radius 3 is 2.55 bits per heavy atom. The van der Waals surface area contributed by atoms with E-state index in [0.717, 1.165) is 30.5 Å². The fourth-order valence-corrected chi connectivity index (χ4v) is 5.97. The number of nitrogens with one attached hydrogen (secondary N) is 1. The molecule has 2 fully saturated rings. The minimum Gasteiger partial charge on any atom is -0.381 e. The molecule has 2 aromatic rings. The summed E-state index contributed by atoms with van der Waals surface area (Å²) < 4.78 is 22.2. The van der Waals surface area contributed by atoms with E-state index in [1.165, 1.54) is 10.6 Å². The standard InChI is InChI=1S/C23H31FN4O4S/c1-2-32-10-7-20(29)26-16-3-5-17(6-4-16)28-22(30)19-13-15(24)14-25-21(19)27(23(28)31)18-8-11-33-12-9-18/h13-14,16-18H,2-12H2,1H3,(H,26,29)/t16-,17+. The van der Waals surface area contributed by atoms with Gasteiger partial charge in [-0.3, -0.25) is 18.7 Å². The van der Waals surface area contributed by atoms with Crippen molar-refractivity contribution >= 4 is 28.7 Å². The number of carbonyl (C=O) groups excluding carboxylic acids is 1. The number of hydrogen-bond donors (Lipinski definition) is 1. The van der Waals surface area contributed by atoms with Crippen LogP contribution in [0.15, 0.2) is 21.9 Å². The number of halogens is 1. The molecule has 1 N–H and O–H groups in total. The summed E-state index contributed by atoms with van der Waals surface area (Å²) in [5, 5.41) is 3.18. The molecule has 1 aliphatic heterocycles. The van der Waals surface area contributed by atoms with Crippen LogP contribution in [0.5, 0.6) is 0 Å². The van der Waals surface area contributed by atoms with Crippen LogP contribution < -0.4 is 16.6 Å². The first-order valence-electron chi connectivity index (χ1n) is 11.8. The van der Waals surface area contributed by atoms with Crippen LogP contribution in [0, 0.1) is 5.82 Å². The summed E-state index contributed by atoms with van der Waals surface area (Å²) in [5.41, 5.74) is -0.560. The summed E-state index contributed by atoms with van der Waals surface area (Å²) in [6.07, 6.45) is 5.57. The van der Waals surface area contributed by atoms with E-state index < -0.39 is 11.4 Å². The van der Waals surface area contributed by atoms with Gasteiger partial charge in [0, 0.05) is 31.2 Å². The van der Waals surface area contributed by atoms with Crippen LogP contribution in [0.25, 0.3) is 11.0 Å². The van der Waals surface area contributed by atoms with Gasteiger partial charge in [-0.1, -0.05) is 0 Å². The van der Waals surface area contributed by atoms with Crippen molar-refractivity contribution in [3.05, 3.63) is 38.9 Å². The molecular weight excluding hydrogens is 447 g/mol. The zero-order valence-corrected chi connectivity index (χ0v) is 19.7. The molecule has 0 spiro atoms. The number of aromatic nitrogens is 3. The maximum atomic E-state index is 14.0. The van der Waals surface area contributed by atoms with E-state index in [0.29, 0.717) is 45.3 Å². The SMILES string of the molecule is CCOCCC(=O)N[C@H]1CC[C@@H](n2c(=O)c3cc(F)cnc3n(C3CCSCC3)c2=O)CC1. The molecule has 4 rings (SSSR count). The van der Waals surface area contributed by atoms with Gasteiger partial charge in [0.15, 0.2) is 0 Å². The van der Waals surface area contributed by atoms with Crippen molar-refractivity contribution in [1.29, 1.82) is 0 Å². The van der Waals surface area contributed by atoms with Gasteiger partial charge < -0.3 is 10.1 Å². The number of hydrogen-bond acceptors (Lipinski definition) is 6. The molecule has 2 aliphatic rings. The van der Waals surface area contributed by atoms with Crippen LogP contribution in [-0.4, -0.2) is 50.8 Å². The largest absolute Gasteiger partial charge is 0.381 e. The van der Waals surface area contributed by atoms with Crippen LogP contribution >= 0.6 is 11.8 Å². The molecule has 8 nitrogen and oxygen atoms in total. The van der Waals surface area contributed by atoms with Gasteiger partial charge in [-0.2, -0.15) is 11.8 Å². The molecule has 0 unspecified atom stereocenters. The van der Waals surface area contributed by atoms with Gasteiger partial charge in [-0.25, -0.2) is 14.2 Å². The number of amides is 1. The predicted molar refractivity (Wildman–Crippen MR) is 126 cm³/mol. The third-order valence-corrected chi connectivity index (χ3v) is 7.63. The Labute approximate surface area is 195 Å². The average Bonchev–Trinajstić information content (AvgIpc) is 2.81. The lowest BCUT2D eigenvalue weighted by molar-refractivity contribution is -0.123. The molecule has 1 saturated carbocycles. The van der Waals surface area contributed by atoms with Gasteiger partial charge in [0.05, 0.1) is 18.2 Å². The van der Waals surface area contributed by atoms with Crippen molar-refractivity contribution in [1.82, 2.24) is 19.4 Å². The molecule has 1 saturated heterocycles. The highest BCUT2D eigenvalue weighted by Gasteiger charge is 2.29. The molecular formula is C23H31FN4O4S. The Hall–Kier alpha value is -2.20. The number of fused-ring (bicyclic) bond motifs is 1. The van der Waals surface area contributed by atoms with Crippen LogP contribution in [0.2, 0.25) is 0 Å². The highest BCUT2D eigenvalue weighted by molar-refractivity contribution is 7.99. The quantitative estimate of drug-likeness (QED) is 0.615. The van der Waals surface area contributed by atoms with Crippen LogP contribution in [-0.2, 0) is 9.53 Å². The lowest BCUT2D eigenvalue weighted by Gasteiger charge is -2.31. The molecule has 0 radical (unpaired) electrons. The van der Waals surface area contributed by atoms with Gasteiger partial charge in [0.2, 0.25) is 5.91 Å². The molecule has 2 aromatic heterocycles. The summed E-state index contributed by atoms with van der Waals surface area (Å²) in [7, 11) is 0. The Morgan fingerprint density at radius 2 is 1.85 bits per heavy atom. The zero-order chi connectivity index (χ0) is 23.4. The summed E-state index contributed by atoms with van der Waals surface area (Å²) in [6, 6.07) is 0.882. The normalized spacial score (nSPS) is 21.9. The number of ether oxygens (including phenoxy) is 1. The molecule has 1 amide bonds. The zero-order valence-electron chi connectivity index (χ0n) is 18.9. The van der Waals surface area contributed by atoms with E-state index in [-0.39, 0.29) is 40.8 Å². The first-order valence-corrected chi connectivity index (χ1v) is 12.9. The van der Waals surface area contributed by atoms with Gasteiger partial charge in [0.25, 0.3) is 5.56 Å². The molecule has 1 aliphatic carbocycles. The summed E-state index contributed by atoms with van der Waals surface area (Å²) in [5.74, 6) is 1.24. The molecule has 0 bridgehead atoms. The van der Waals surface area contributed by atoms with E-state index >= 15 is 0 Å². The van der Waals surface area contributed by atoms with Crippen molar-refractivity contribution in [3.63, 3.8) is 0 Å². The molecule has 180 valence electrons. The lowest BCUT2D eigenvalue weighted by atomic mass is 9.90. The lowest BCUT2D eigenvalue weighted by Crippen LogP contribution is -2.46. The Morgan fingerprint density at radius 1 is 1.15 bits per heavy atom. The van der Waals surface area contributed by atoms with Gasteiger partial charge >= 0.3 is 5.69 Å². The minimum absolute atomic E-state index is 0.0169. The third-order valence-electron chi connectivity index (χ3n) is 6.58. The number of nitrogens with zero attached hydrogens (tertiary/aromatic N) is 3. The number of rotatable bonds is 7. The van der Waals surface area contributed by atoms with E-state index in [1.807, 2.05) is 18.7 Å². The molecule has 10 heteroatoms. The molecule has 3 heterocycles. The minimum atomic E-state index is -0.589. The molecule has 33 heavy (non-hydrogen) atoms. The number of thioether (sulfide) groups is 1. The number of pyridine rings is 1.